The second kappa shape index (κ2) is 2.46. The fourth-order valence-corrected chi connectivity index (χ4v) is 1.98. The van der Waals surface area contributed by atoms with Crippen molar-refractivity contribution >= 4 is 5.91 Å². The smallest absolute Gasteiger partial charge is 0.222 e. The van der Waals surface area contributed by atoms with Crippen LogP contribution in [0.15, 0.2) is 0 Å². The van der Waals surface area contributed by atoms with Crippen molar-refractivity contribution in [2.45, 2.75) is 31.7 Å². The van der Waals surface area contributed by atoms with Gasteiger partial charge in [0.25, 0.3) is 0 Å². The number of rotatable bonds is 2. The first-order chi connectivity index (χ1) is 5.65. The van der Waals surface area contributed by atoms with Crippen LogP contribution in [-0.2, 0) is 4.79 Å². The Kier molecular flexibility index (Phi) is 1.65. The van der Waals surface area contributed by atoms with E-state index in [1.165, 1.54) is 12.8 Å². The van der Waals surface area contributed by atoms with Crippen LogP contribution < -0.4 is 5.73 Å². The van der Waals surface area contributed by atoms with Gasteiger partial charge in [0.2, 0.25) is 5.91 Å². The average Bonchev–Trinajstić information content (AvgIpc) is 2.79. The Morgan fingerprint density at radius 2 is 2.17 bits per heavy atom. The quantitative estimate of drug-likeness (QED) is 0.646. The predicted octanol–water partition coefficient (Wildman–Crippen LogP) is 0.346. The van der Waals surface area contributed by atoms with Crippen molar-refractivity contribution < 1.29 is 4.79 Å². The third-order valence-electron chi connectivity index (χ3n) is 3.02. The lowest BCUT2D eigenvalue weighted by Gasteiger charge is -2.48. The van der Waals surface area contributed by atoms with Gasteiger partial charge in [-0.15, -0.1) is 0 Å². The summed E-state index contributed by atoms with van der Waals surface area (Å²) in [6.45, 7) is 3.49. The molecule has 2 N–H and O–H groups in total. The molecule has 0 radical (unpaired) electrons. The highest BCUT2D eigenvalue weighted by Crippen LogP contribution is 2.42. The van der Waals surface area contributed by atoms with Gasteiger partial charge in [-0.05, 0) is 18.8 Å². The lowest BCUT2D eigenvalue weighted by Crippen LogP contribution is -2.69. The molecule has 1 saturated heterocycles. The van der Waals surface area contributed by atoms with E-state index in [4.69, 9.17) is 5.73 Å². The number of carbonyl (C=O) groups excluding carboxylic acids is 1. The van der Waals surface area contributed by atoms with E-state index in [1.807, 2.05) is 11.8 Å². The molecule has 1 amide bonds. The molecule has 1 saturated carbocycles. The molecule has 12 heavy (non-hydrogen) atoms. The predicted molar refractivity (Wildman–Crippen MR) is 46.5 cm³/mol. The van der Waals surface area contributed by atoms with E-state index < -0.39 is 0 Å². The second-order valence-electron chi connectivity index (χ2n) is 4.11. The largest absolute Gasteiger partial charge is 0.339 e. The first kappa shape index (κ1) is 8.05. The number of carbonyl (C=O) groups is 1. The van der Waals surface area contributed by atoms with Gasteiger partial charge >= 0.3 is 0 Å². The lowest BCUT2D eigenvalue weighted by molar-refractivity contribution is -0.138. The summed E-state index contributed by atoms with van der Waals surface area (Å²) in [5, 5.41) is 0. The van der Waals surface area contributed by atoms with Crippen molar-refractivity contribution in [2.24, 2.45) is 11.7 Å². The Labute approximate surface area is 72.9 Å². The molecule has 2 fully saturated rings. The van der Waals surface area contributed by atoms with E-state index in [2.05, 4.69) is 0 Å². The summed E-state index contributed by atoms with van der Waals surface area (Å²) in [7, 11) is 0. The SMILES string of the molecule is CCC(=O)N1CC(N)(C2CC2)C1. The van der Waals surface area contributed by atoms with Gasteiger partial charge < -0.3 is 10.6 Å². The molecule has 1 aliphatic heterocycles. The van der Waals surface area contributed by atoms with Crippen LogP contribution >= 0.6 is 0 Å². The van der Waals surface area contributed by atoms with Crippen molar-refractivity contribution in [1.29, 1.82) is 0 Å². The molecule has 68 valence electrons. The van der Waals surface area contributed by atoms with E-state index in [0.717, 1.165) is 13.1 Å². The van der Waals surface area contributed by atoms with Gasteiger partial charge in [-0.1, -0.05) is 6.92 Å². The molecular formula is C9H16N2O. The van der Waals surface area contributed by atoms with Gasteiger partial charge in [-0.2, -0.15) is 0 Å². The Balaban J connectivity index is 1.85. The van der Waals surface area contributed by atoms with Crippen molar-refractivity contribution in [3.8, 4) is 0 Å². The van der Waals surface area contributed by atoms with Gasteiger partial charge in [-0.3, -0.25) is 4.79 Å². The fraction of sp³-hybridized carbons (Fsp3) is 0.889. The molecule has 0 spiro atoms. The molecule has 0 aromatic heterocycles. The first-order valence-corrected chi connectivity index (χ1v) is 4.72. The van der Waals surface area contributed by atoms with Gasteiger partial charge in [0.05, 0.1) is 5.54 Å². The maximum atomic E-state index is 11.2. The van der Waals surface area contributed by atoms with E-state index in [0.29, 0.717) is 12.3 Å². The summed E-state index contributed by atoms with van der Waals surface area (Å²) >= 11 is 0. The van der Waals surface area contributed by atoms with E-state index >= 15 is 0 Å². The van der Waals surface area contributed by atoms with Crippen LogP contribution in [0.2, 0.25) is 0 Å². The van der Waals surface area contributed by atoms with Crippen LogP contribution in [0.25, 0.3) is 0 Å². The third kappa shape index (κ3) is 1.12. The first-order valence-electron chi connectivity index (χ1n) is 4.72. The van der Waals surface area contributed by atoms with Crippen molar-refractivity contribution in [1.82, 2.24) is 4.90 Å². The number of likely N-dealkylation sites (tertiary alicyclic amines) is 1. The van der Waals surface area contributed by atoms with Crippen LogP contribution in [0.1, 0.15) is 26.2 Å². The highest BCUT2D eigenvalue weighted by Gasteiger charge is 2.51. The van der Waals surface area contributed by atoms with E-state index in [1.54, 1.807) is 0 Å². The van der Waals surface area contributed by atoms with Crippen LogP contribution in [0.4, 0.5) is 0 Å². The third-order valence-corrected chi connectivity index (χ3v) is 3.02. The minimum Gasteiger partial charge on any atom is -0.339 e. The maximum Gasteiger partial charge on any atom is 0.222 e. The Hall–Kier alpha value is -0.570. The van der Waals surface area contributed by atoms with Gasteiger partial charge in [0, 0.05) is 19.5 Å². The van der Waals surface area contributed by atoms with Crippen LogP contribution in [0.5, 0.6) is 0 Å². The summed E-state index contributed by atoms with van der Waals surface area (Å²) in [4.78, 5) is 13.1. The molecule has 0 atom stereocenters. The van der Waals surface area contributed by atoms with Crippen LogP contribution in [-0.4, -0.2) is 29.4 Å². The molecule has 0 aromatic carbocycles. The standard InChI is InChI=1S/C9H16N2O/c1-2-8(12)11-5-9(10,6-11)7-3-4-7/h7H,2-6,10H2,1H3. The van der Waals surface area contributed by atoms with Crippen LogP contribution in [0, 0.1) is 5.92 Å². The highest BCUT2D eigenvalue weighted by atomic mass is 16.2. The van der Waals surface area contributed by atoms with E-state index in [-0.39, 0.29) is 11.4 Å². The second-order valence-corrected chi connectivity index (χ2v) is 4.11. The summed E-state index contributed by atoms with van der Waals surface area (Å²) < 4.78 is 0. The number of nitrogens with zero attached hydrogens (tertiary/aromatic N) is 1. The van der Waals surface area contributed by atoms with Gasteiger partial charge in [0.1, 0.15) is 0 Å². The average molecular weight is 168 g/mol. The molecule has 1 aliphatic carbocycles. The topological polar surface area (TPSA) is 46.3 Å². The maximum absolute atomic E-state index is 11.2. The molecule has 0 bridgehead atoms. The summed E-state index contributed by atoms with van der Waals surface area (Å²) in [6, 6.07) is 0. The normalized spacial score (nSPS) is 26.7. The molecule has 3 nitrogen and oxygen atoms in total. The zero-order valence-electron chi connectivity index (χ0n) is 7.55. The molecule has 0 aromatic rings. The summed E-state index contributed by atoms with van der Waals surface area (Å²) in [5.41, 5.74) is 6.09. The fourth-order valence-electron chi connectivity index (χ4n) is 1.98. The summed E-state index contributed by atoms with van der Waals surface area (Å²) in [5.74, 6) is 0.954. The van der Waals surface area contributed by atoms with Crippen LogP contribution in [0.3, 0.4) is 0 Å². The van der Waals surface area contributed by atoms with Gasteiger partial charge in [0.15, 0.2) is 0 Å². The molecule has 1 heterocycles. The van der Waals surface area contributed by atoms with E-state index in [9.17, 15) is 4.79 Å². The molecular weight excluding hydrogens is 152 g/mol. The zero-order valence-corrected chi connectivity index (χ0v) is 7.55. The number of hydrogen-bond acceptors (Lipinski definition) is 2. The van der Waals surface area contributed by atoms with Crippen molar-refractivity contribution in [3.63, 3.8) is 0 Å². The van der Waals surface area contributed by atoms with Gasteiger partial charge in [-0.25, -0.2) is 0 Å². The Morgan fingerprint density at radius 1 is 1.58 bits per heavy atom. The minimum atomic E-state index is -0.00910. The monoisotopic (exact) mass is 168 g/mol. The minimum absolute atomic E-state index is 0.00910. The Morgan fingerprint density at radius 3 is 2.58 bits per heavy atom. The lowest BCUT2D eigenvalue weighted by atomic mass is 9.85. The number of nitrogens with two attached hydrogens (primary N) is 1. The number of hydrogen-bond donors (Lipinski definition) is 1. The van der Waals surface area contributed by atoms with Crippen molar-refractivity contribution in [3.05, 3.63) is 0 Å². The van der Waals surface area contributed by atoms with Crippen molar-refractivity contribution in [2.75, 3.05) is 13.1 Å². The number of amides is 1. The Bertz CT molecular complexity index is 205. The highest BCUT2D eigenvalue weighted by molar-refractivity contribution is 5.77. The molecule has 2 aliphatic rings. The molecule has 3 heteroatoms. The zero-order chi connectivity index (χ0) is 8.77. The molecule has 0 unspecified atom stereocenters. The molecule has 2 rings (SSSR count). The summed E-state index contributed by atoms with van der Waals surface area (Å²) in [6.07, 6.45) is 3.15.